The van der Waals surface area contributed by atoms with Gasteiger partial charge in [-0.3, -0.25) is 9.59 Å². The summed E-state index contributed by atoms with van der Waals surface area (Å²) in [5.41, 5.74) is -0.0447. The number of thiophene rings is 1. The van der Waals surface area contributed by atoms with Crippen molar-refractivity contribution in [2.75, 3.05) is 13.7 Å². The van der Waals surface area contributed by atoms with Crippen molar-refractivity contribution in [3.8, 4) is 11.5 Å². The number of methoxy groups -OCH3 is 1. The van der Waals surface area contributed by atoms with E-state index in [-0.39, 0.29) is 17.9 Å². The Morgan fingerprint density at radius 2 is 2.08 bits per heavy atom. The van der Waals surface area contributed by atoms with Gasteiger partial charge in [-0.2, -0.15) is 0 Å². The third-order valence-electron chi connectivity index (χ3n) is 4.25. The molecule has 1 unspecified atom stereocenters. The first-order chi connectivity index (χ1) is 12.4. The summed E-state index contributed by atoms with van der Waals surface area (Å²) in [6.45, 7) is 3.73. The van der Waals surface area contributed by atoms with Gasteiger partial charge in [-0.05, 0) is 37.8 Å². The van der Waals surface area contributed by atoms with Gasteiger partial charge in [0, 0.05) is 5.56 Å². The van der Waals surface area contributed by atoms with Crippen LogP contribution in [0, 0.1) is 0 Å². The Morgan fingerprint density at radius 1 is 1.27 bits per heavy atom. The molecular weight excluding hydrogens is 352 g/mol. The number of ether oxygens (including phenoxy) is 2. The second-order valence-corrected chi connectivity index (χ2v) is 7.64. The van der Waals surface area contributed by atoms with Crippen LogP contribution in [-0.2, 0) is 11.2 Å². The molecule has 138 valence electrons. The zero-order valence-corrected chi connectivity index (χ0v) is 15.8. The number of hydrogen-bond acceptors (Lipinski definition) is 5. The van der Waals surface area contributed by atoms with Crippen molar-refractivity contribution in [3.63, 3.8) is 0 Å². The zero-order chi connectivity index (χ0) is 18.7. The van der Waals surface area contributed by atoms with E-state index >= 15 is 0 Å². The summed E-state index contributed by atoms with van der Waals surface area (Å²) in [5.74, 6) is 0.916. The molecule has 1 aliphatic heterocycles. The number of para-hydroxylation sites is 1. The lowest BCUT2D eigenvalue weighted by molar-refractivity contribution is -0.127. The van der Waals surface area contributed by atoms with E-state index in [1.54, 1.807) is 33.1 Å². The summed E-state index contributed by atoms with van der Waals surface area (Å²) >= 11 is 1.34. The van der Waals surface area contributed by atoms with Gasteiger partial charge in [-0.25, -0.2) is 0 Å². The van der Waals surface area contributed by atoms with Crippen LogP contribution in [0.4, 0.5) is 0 Å². The Hall–Kier alpha value is -2.54. The molecule has 1 aromatic heterocycles. The fourth-order valence-electron chi connectivity index (χ4n) is 2.82. The van der Waals surface area contributed by atoms with Crippen LogP contribution in [0.3, 0.4) is 0 Å². The van der Waals surface area contributed by atoms with Crippen LogP contribution in [0.5, 0.6) is 11.5 Å². The van der Waals surface area contributed by atoms with Crippen LogP contribution >= 0.6 is 11.3 Å². The number of carbonyl (C=O) groups excluding carboxylic acids is 2. The molecule has 2 N–H and O–H groups in total. The highest BCUT2D eigenvalue weighted by molar-refractivity contribution is 7.12. The molecule has 26 heavy (non-hydrogen) atoms. The molecule has 0 fully saturated rings. The molecule has 3 rings (SSSR count). The number of carbonyl (C=O) groups is 2. The quantitative estimate of drug-likeness (QED) is 0.843. The lowest BCUT2D eigenvalue weighted by Gasteiger charge is -2.31. The second kappa shape index (κ2) is 7.37. The van der Waals surface area contributed by atoms with Crippen LogP contribution in [0.25, 0.3) is 0 Å². The molecule has 2 amide bonds. The van der Waals surface area contributed by atoms with Crippen molar-refractivity contribution in [1.29, 1.82) is 0 Å². The van der Waals surface area contributed by atoms with E-state index < -0.39 is 5.54 Å². The average Bonchev–Trinajstić information content (AvgIpc) is 3.15. The van der Waals surface area contributed by atoms with Crippen LogP contribution in [0.15, 0.2) is 35.7 Å². The van der Waals surface area contributed by atoms with E-state index in [0.29, 0.717) is 23.7 Å². The fraction of sp³-hybridized carbons (Fsp3) is 0.368. The molecule has 0 aliphatic carbocycles. The van der Waals surface area contributed by atoms with Crippen molar-refractivity contribution >= 4 is 23.2 Å². The minimum Gasteiger partial charge on any atom is -0.493 e. The lowest BCUT2D eigenvalue weighted by atomic mass is 9.99. The van der Waals surface area contributed by atoms with E-state index in [1.165, 1.54) is 11.3 Å². The smallest absolute Gasteiger partial charge is 0.262 e. The number of hydrogen-bond donors (Lipinski definition) is 2. The average molecular weight is 374 g/mol. The summed E-state index contributed by atoms with van der Waals surface area (Å²) in [5, 5.41) is 7.58. The molecule has 0 bridgehead atoms. The van der Waals surface area contributed by atoms with Crippen LogP contribution < -0.4 is 20.1 Å². The van der Waals surface area contributed by atoms with Crippen molar-refractivity contribution < 1.29 is 19.1 Å². The van der Waals surface area contributed by atoms with E-state index in [0.717, 1.165) is 11.3 Å². The van der Waals surface area contributed by atoms with Crippen LogP contribution in [-0.4, -0.2) is 37.1 Å². The molecule has 7 heteroatoms. The van der Waals surface area contributed by atoms with Crippen molar-refractivity contribution in [2.24, 2.45) is 0 Å². The minimum absolute atomic E-state index is 0.167. The summed E-state index contributed by atoms with van der Waals surface area (Å²) in [4.78, 5) is 25.5. The topological polar surface area (TPSA) is 76.7 Å². The number of rotatable bonds is 5. The first-order valence-electron chi connectivity index (χ1n) is 8.36. The molecule has 0 spiro atoms. The van der Waals surface area contributed by atoms with Gasteiger partial charge in [-0.15, -0.1) is 11.3 Å². The van der Waals surface area contributed by atoms with Gasteiger partial charge < -0.3 is 20.1 Å². The number of fused-ring (bicyclic) bond motifs is 1. The Balaban J connectivity index is 1.63. The summed E-state index contributed by atoms with van der Waals surface area (Å²) in [6.07, 6.45) is 0.646. The molecule has 6 nitrogen and oxygen atoms in total. The largest absolute Gasteiger partial charge is 0.493 e. The van der Waals surface area contributed by atoms with Gasteiger partial charge in [0.15, 0.2) is 11.5 Å². The normalized spacial score (nSPS) is 16.2. The van der Waals surface area contributed by atoms with Crippen LogP contribution in [0.2, 0.25) is 0 Å². The Labute approximate surface area is 156 Å². The number of nitrogens with one attached hydrogen (secondary N) is 2. The Bertz CT molecular complexity index is 802. The van der Waals surface area contributed by atoms with Gasteiger partial charge in [0.1, 0.15) is 12.1 Å². The maximum absolute atomic E-state index is 12.7. The second-order valence-electron chi connectivity index (χ2n) is 6.69. The molecule has 1 atom stereocenters. The SMILES string of the molecule is COc1cccc2c1OCC(NC(=O)C(C)(C)NC(=O)c1cccs1)C2. The molecule has 0 saturated carbocycles. The van der Waals surface area contributed by atoms with E-state index in [4.69, 9.17) is 9.47 Å². The number of amides is 2. The molecule has 1 aliphatic rings. The molecule has 0 saturated heterocycles. The molecule has 0 radical (unpaired) electrons. The van der Waals surface area contributed by atoms with Crippen molar-refractivity contribution in [2.45, 2.75) is 31.8 Å². The molecular formula is C19H22N2O4S. The lowest BCUT2D eigenvalue weighted by Crippen LogP contribution is -2.58. The first kappa shape index (κ1) is 18.3. The highest BCUT2D eigenvalue weighted by Crippen LogP contribution is 2.34. The van der Waals surface area contributed by atoms with Gasteiger partial charge in [0.25, 0.3) is 5.91 Å². The van der Waals surface area contributed by atoms with E-state index in [1.807, 2.05) is 23.6 Å². The van der Waals surface area contributed by atoms with E-state index in [9.17, 15) is 9.59 Å². The van der Waals surface area contributed by atoms with Gasteiger partial charge in [0.2, 0.25) is 5.91 Å². The minimum atomic E-state index is -1.03. The summed E-state index contributed by atoms with van der Waals surface area (Å²) in [6, 6.07) is 9.07. The van der Waals surface area contributed by atoms with E-state index in [2.05, 4.69) is 10.6 Å². The molecule has 1 aromatic carbocycles. The first-order valence-corrected chi connectivity index (χ1v) is 9.24. The zero-order valence-electron chi connectivity index (χ0n) is 15.0. The Morgan fingerprint density at radius 3 is 2.77 bits per heavy atom. The van der Waals surface area contributed by atoms with Gasteiger partial charge in [0.05, 0.1) is 18.0 Å². The summed E-state index contributed by atoms with van der Waals surface area (Å²) < 4.78 is 11.1. The maximum atomic E-state index is 12.7. The molecule has 2 heterocycles. The monoisotopic (exact) mass is 374 g/mol. The third-order valence-corrected chi connectivity index (χ3v) is 5.12. The summed E-state index contributed by atoms with van der Waals surface area (Å²) in [7, 11) is 1.60. The maximum Gasteiger partial charge on any atom is 0.262 e. The highest BCUT2D eigenvalue weighted by atomic mass is 32.1. The van der Waals surface area contributed by atoms with Crippen molar-refractivity contribution in [1.82, 2.24) is 10.6 Å². The predicted molar refractivity (Wildman–Crippen MR) is 100.0 cm³/mol. The fourth-order valence-corrected chi connectivity index (χ4v) is 3.44. The van der Waals surface area contributed by atoms with Gasteiger partial charge >= 0.3 is 0 Å². The highest BCUT2D eigenvalue weighted by Gasteiger charge is 2.33. The molecule has 2 aromatic rings. The standard InChI is InChI=1S/C19H22N2O4S/c1-19(2,21-17(22)15-8-5-9-26-15)18(23)20-13-10-12-6-4-7-14(24-3)16(12)25-11-13/h4-9,13H,10-11H2,1-3H3,(H,20,23)(H,21,22). The number of benzene rings is 1. The van der Waals surface area contributed by atoms with Gasteiger partial charge in [-0.1, -0.05) is 18.2 Å². The Kier molecular flexibility index (Phi) is 5.18. The predicted octanol–water partition coefficient (Wildman–Crippen LogP) is 2.38. The van der Waals surface area contributed by atoms with Crippen molar-refractivity contribution in [3.05, 3.63) is 46.2 Å². The van der Waals surface area contributed by atoms with Crippen LogP contribution in [0.1, 0.15) is 29.1 Å². The third kappa shape index (κ3) is 3.83.